The Morgan fingerprint density at radius 3 is 2.56 bits per heavy atom. The van der Waals surface area contributed by atoms with E-state index < -0.39 is 10.7 Å². The molecule has 2 aliphatic carbocycles. The van der Waals surface area contributed by atoms with E-state index in [2.05, 4.69) is 20.8 Å². The summed E-state index contributed by atoms with van der Waals surface area (Å²) in [5, 5.41) is 10.2. The molecule has 2 saturated carbocycles. The number of rotatable bonds is 3. The Morgan fingerprint density at radius 2 is 2.00 bits per heavy atom. The second-order valence-electron chi connectivity index (χ2n) is 7.37. The molecule has 0 saturated heterocycles. The van der Waals surface area contributed by atoms with Crippen molar-refractivity contribution in [3.63, 3.8) is 0 Å². The first-order valence-corrected chi connectivity index (χ1v) is 6.74. The minimum atomic E-state index is -0.610. The highest BCUT2D eigenvalue weighted by atomic mass is 17.0. The van der Waals surface area contributed by atoms with Crippen LogP contribution >= 0.6 is 0 Å². The fourth-order valence-electron chi connectivity index (χ4n) is 5.01. The van der Waals surface area contributed by atoms with Gasteiger partial charge in [0.15, 0.2) is 0 Å². The molecule has 2 aliphatic rings. The van der Waals surface area contributed by atoms with Gasteiger partial charge in [0.1, 0.15) is 5.60 Å². The van der Waals surface area contributed by atoms with E-state index in [0.29, 0.717) is 18.9 Å². The lowest BCUT2D eigenvalue weighted by molar-refractivity contribution is -0.785. The van der Waals surface area contributed by atoms with Crippen molar-refractivity contribution >= 4 is 0 Å². The number of nitrogens with two attached hydrogens (primary N) is 1. The Morgan fingerprint density at radius 1 is 1.33 bits per heavy atom. The first kappa shape index (κ1) is 13.6. The normalized spacial score (nSPS) is 47.7. The highest BCUT2D eigenvalue weighted by molar-refractivity contribution is 5.06. The molecule has 0 heterocycles. The molecule has 2 bridgehead atoms. The number of hydrogen-bond acceptors (Lipinski definition) is 4. The average Bonchev–Trinajstić information content (AvgIpc) is 2.10. The summed E-state index contributed by atoms with van der Waals surface area (Å²) in [6.07, 6.45) is 4.44. The van der Waals surface area contributed by atoms with Crippen LogP contribution in [0.4, 0.5) is 0 Å². The van der Waals surface area contributed by atoms with Gasteiger partial charge in [0.05, 0.1) is 0 Å². The van der Waals surface area contributed by atoms with E-state index in [4.69, 9.17) is 10.6 Å². The standard InChI is InChI=1S/C13H24N2O3/c1-10-4-11(2)6-12(3,9-14)8-13(5-10,7-11)18-15(16)17/h10H,4-9,14H2,1-3H3. The molecule has 18 heavy (non-hydrogen) atoms. The SMILES string of the molecule is CC1CC2(C)CC(C)(CN)CC(O[N+](=O)[O-])(C1)C2. The maximum Gasteiger partial charge on any atom is 0.295 e. The molecular formula is C13H24N2O3. The zero-order valence-electron chi connectivity index (χ0n) is 11.6. The first-order chi connectivity index (χ1) is 8.20. The van der Waals surface area contributed by atoms with Gasteiger partial charge in [-0.1, -0.05) is 20.8 Å². The molecule has 0 aromatic rings. The summed E-state index contributed by atoms with van der Waals surface area (Å²) >= 11 is 0. The molecule has 0 radical (unpaired) electrons. The van der Waals surface area contributed by atoms with Crippen LogP contribution in [0.3, 0.4) is 0 Å². The van der Waals surface area contributed by atoms with Crippen LogP contribution < -0.4 is 5.73 Å². The van der Waals surface area contributed by atoms with Gasteiger partial charge in [-0.05, 0) is 55.4 Å². The lowest BCUT2D eigenvalue weighted by atomic mass is 9.51. The van der Waals surface area contributed by atoms with Crippen LogP contribution in [0.2, 0.25) is 0 Å². The fourth-order valence-corrected chi connectivity index (χ4v) is 5.01. The van der Waals surface area contributed by atoms with Gasteiger partial charge in [0, 0.05) is 0 Å². The molecule has 104 valence electrons. The van der Waals surface area contributed by atoms with Gasteiger partial charge in [0.2, 0.25) is 0 Å². The molecule has 2 N–H and O–H groups in total. The van der Waals surface area contributed by atoms with Gasteiger partial charge in [0.25, 0.3) is 5.09 Å². The maximum absolute atomic E-state index is 10.8. The lowest BCUT2D eigenvalue weighted by Crippen LogP contribution is -2.56. The minimum absolute atomic E-state index is 0.0385. The Hall–Kier alpha value is -0.840. The van der Waals surface area contributed by atoms with Gasteiger partial charge in [-0.2, -0.15) is 0 Å². The van der Waals surface area contributed by atoms with Gasteiger partial charge in [-0.15, -0.1) is 10.1 Å². The Labute approximate surface area is 108 Å². The van der Waals surface area contributed by atoms with Crippen LogP contribution in [0.1, 0.15) is 52.9 Å². The van der Waals surface area contributed by atoms with Crippen LogP contribution in [0.25, 0.3) is 0 Å². The van der Waals surface area contributed by atoms with Crippen molar-refractivity contribution in [3.05, 3.63) is 10.1 Å². The summed E-state index contributed by atoms with van der Waals surface area (Å²) in [6, 6.07) is 0. The summed E-state index contributed by atoms with van der Waals surface area (Å²) in [4.78, 5) is 16.0. The Bertz CT molecular complexity index is 362. The topological polar surface area (TPSA) is 78.4 Å². The molecule has 4 unspecified atom stereocenters. The molecule has 2 fully saturated rings. The smallest absolute Gasteiger partial charge is 0.295 e. The van der Waals surface area contributed by atoms with Crippen molar-refractivity contribution in [1.82, 2.24) is 0 Å². The van der Waals surface area contributed by atoms with Crippen molar-refractivity contribution in [2.75, 3.05) is 6.54 Å². The van der Waals surface area contributed by atoms with E-state index >= 15 is 0 Å². The Kier molecular flexibility index (Phi) is 3.08. The van der Waals surface area contributed by atoms with E-state index in [0.717, 1.165) is 25.7 Å². The molecule has 0 aromatic carbocycles. The van der Waals surface area contributed by atoms with Crippen LogP contribution in [0, 0.1) is 26.9 Å². The second-order valence-corrected chi connectivity index (χ2v) is 7.37. The average molecular weight is 256 g/mol. The maximum atomic E-state index is 10.8. The van der Waals surface area contributed by atoms with Crippen LogP contribution in [0.15, 0.2) is 0 Å². The number of fused-ring (bicyclic) bond motifs is 2. The zero-order chi connectivity index (χ0) is 13.6. The van der Waals surface area contributed by atoms with Gasteiger partial charge in [-0.3, -0.25) is 0 Å². The first-order valence-electron chi connectivity index (χ1n) is 6.74. The van der Waals surface area contributed by atoms with Gasteiger partial charge >= 0.3 is 0 Å². The molecule has 0 aliphatic heterocycles. The molecule has 5 heteroatoms. The monoisotopic (exact) mass is 256 g/mol. The highest BCUT2D eigenvalue weighted by Gasteiger charge is 2.56. The third-order valence-corrected chi connectivity index (χ3v) is 4.67. The van der Waals surface area contributed by atoms with E-state index in [-0.39, 0.29) is 10.8 Å². The van der Waals surface area contributed by atoms with Crippen LogP contribution in [0.5, 0.6) is 0 Å². The largest absolute Gasteiger partial charge is 0.330 e. The molecular weight excluding hydrogens is 232 g/mol. The van der Waals surface area contributed by atoms with Gasteiger partial charge in [-0.25, -0.2) is 0 Å². The third kappa shape index (κ3) is 2.46. The van der Waals surface area contributed by atoms with E-state index in [1.165, 1.54) is 0 Å². The van der Waals surface area contributed by atoms with E-state index in [9.17, 15) is 10.1 Å². The molecule has 5 nitrogen and oxygen atoms in total. The zero-order valence-corrected chi connectivity index (χ0v) is 11.6. The minimum Gasteiger partial charge on any atom is -0.330 e. The van der Waals surface area contributed by atoms with Crippen molar-refractivity contribution in [3.8, 4) is 0 Å². The quantitative estimate of drug-likeness (QED) is 0.621. The number of hydrogen-bond donors (Lipinski definition) is 1. The summed E-state index contributed by atoms with van der Waals surface area (Å²) in [5.41, 5.74) is 5.38. The van der Waals surface area contributed by atoms with Crippen LogP contribution in [-0.4, -0.2) is 17.2 Å². The molecule has 0 amide bonds. The van der Waals surface area contributed by atoms with E-state index in [1.807, 2.05) is 0 Å². The molecule has 0 aromatic heterocycles. The van der Waals surface area contributed by atoms with Crippen molar-refractivity contribution in [2.45, 2.75) is 58.5 Å². The van der Waals surface area contributed by atoms with Gasteiger partial charge < -0.3 is 10.6 Å². The molecule has 0 spiro atoms. The second kappa shape index (κ2) is 4.08. The predicted molar refractivity (Wildman–Crippen MR) is 68.3 cm³/mol. The summed E-state index contributed by atoms with van der Waals surface area (Å²) < 4.78 is 0. The van der Waals surface area contributed by atoms with Crippen LogP contribution in [-0.2, 0) is 4.84 Å². The molecule has 2 rings (SSSR count). The lowest BCUT2D eigenvalue weighted by Gasteiger charge is -2.57. The van der Waals surface area contributed by atoms with Crippen molar-refractivity contribution in [1.29, 1.82) is 0 Å². The highest BCUT2D eigenvalue weighted by Crippen LogP contribution is 2.59. The third-order valence-electron chi connectivity index (χ3n) is 4.67. The number of nitrogens with zero attached hydrogens (tertiary/aromatic N) is 1. The predicted octanol–water partition coefficient (Wildman–Crippen LogP) is 2.52. The summed E-state index contributed by atoms with van der Waals surface area (Å²) in [7, 11) is 0. The summed E-state index contributed by atoms with van der Waals surface area (Å²) in [6.45, 7) is 7.10. The van der Waals surface area contributed by atoms with E-state index in [1.54, 1.807) is 0 Å². The summed E-state index contributed by atoms with van der Waals surface area (Å²) in [5.74, 6) is 0.478. The van der Waals surface area contributed by atoms with Crippen molar-refractivity contribution in [2.24, 2.45) is 22.5 Å². The fraction of sp³-hybridized carbons (Fsp3) is 1.00. The Balaban J connectivity index is 2.32. The van der Waals surface area contributed by atoms with Crippen molar-refractivity contribution < 1.29 is 9.92 Å². The molecule has 4 atom stereocenters.